The van der Waals surface area contributed by atoms with Gasteiger partial charge >= 0.3 is 0 Å². The summed E-state index contributed by atoms with van der Waals surface area (Å²) in [5.74, 6) is 1.04. The monoisotopic (exact) mass is 514 g/mol. The minimum atomic E-state index is 0.122. The van der Waals surface area contributed by atoms with Gasteiger partial charge in [0.05, 0.1) is 0 Å². The number of fused-ring (bicyclic) bond motifs is 3. The minimum absolute atomic E-state index is 0.122. The predicted octanol–water partition coefficient (Wildman–Crippen LogP) is 6.72. The van der Waals surface area contributed by atoms with Crippen molar-refractivity contribution in [1.82, 2.24) is 9.47 Å². The zero-order valence-corrected chi connectivity index (χ0v) is 20.6. The van der Waals surface area contributed by atoms with Gasteiger partial charge in [-0.05, 0) is 75.4 Å². The van der Waals surface area contributed by atoms with Crippen LogP contribution >= 0.6 is 27.5 Å². The quantitative estimate of drug-likeness (QED) is 0.327. The number of rotatable bonds is 7. The Morgan fingerprint density at radius 2 is 1.81 bits per heavy atom. The summed E-state index contributed by atoms with van der Waals surface area (Å²) < 4.78 is 9.56. The number of Topliss-reactive ketones (excluding diaryl/α,β-unsaturated/α-hetero) is 1. The second-order valence-corrected chi connectivity index (χ2v) is 10.4. The molecular formula is C26H28BrClN2O2. The smallest absolute Gasteiger partial charge is 0.161 e. The zero-order chi connectivity index (χ0) is 22.2. The molecule has 168 valence electrons. The van der Waals surface area contributed by atoms with E-state index in [4.69, 9.17) is 16.3 Å². The molecule has 2 aliphatic rings. The van der Waals surface area contributed by atoms with Gasteiger partial charge in [0, 0.05) is 57.3 Å². The zero-order valence-electron chi connectivity index (χ0n) is 18.3. The molecule has 1 aromatic heterocycles. The summed E-state index contributed by atoms with van der Waals surface area (Å²) in [6, 6.07) is 15.1. The molecule has 3 aromatic rings. The first kappa shape index (κ1) is 22.0. The van der Waals surface area contributed by atoms with Crippen LogP contribution in [0.2, 0.25) is 5.02 Å². The van der Waals surface area contributed by atoms with E-state index >= 15 is 0 Å². The van der Waals surface area contributed by atoms with Gasteiger partial charge in [0.1, 0.15) is 11.9 Å². The number of aromatic nitrogens is 1. The molecule has 2 fully saturated rings. The van der Waals surface area contributed by atoms with Crippen molar-refractivity contribution in [2.75, 3.05) is 6.54 Å². The highest BCUT2D eigenvalue weighted by Gasteiger charge is 2.41. The van der Waals surface area contributed by atoms with Crippen molar-refractivity contribution in [3.05, 3.63) is 63.7 Å². The highest BCUT2D eigenvalue weighted by molar-refractivity contribution is 9.10. The van der Waals surface area contributed by atoms with Crippen LogP contribution in [0, 0.1) is 0 Å². The maximum absolute atomic E-state index is 12.1. The Morgan fingerprint density at radius 3 is 2.50 bits per heavy atom. The first-order valence-corrected chi connectivity index (χ1v) is 12.6. The number of ether oxygens (including phenoxy) is 1. The molecule has 4 nitrogen and oxygen atoms in total. The van der Waals surface area contributed by atoms with Gasteiger partial charge in [-0.2, -0.15) is 0 Å². The lowest BCUT2D eigenvalue weighted by atomic mass is 9.99. The number of carbonyl (C=O) groups is 1. The summed E-state index contributed by atoms with van der Waals surface area (Å²) in [5, 5.41) is 1.78. The Labute approximate surface area is 202 Å². The molecule has 0 N–H and O–H groups in total. The highest BCUT2D eigenvalue weighted by Crippen LogP contribution is 2.37. The van der Waals surface area contributed by atoms with Crippen molar-refractivity contribution < 1.29 is 9.53 Å². The summed E-state index contributed by atoms with van der Waals surface area (Å²) in [6.07, 6.45) is 8.09. The van der Waals surface area contributed by atoms with Crippen LogP contribution in [0.25, 0.3) is 10.9 Å². The van der Waals surface area contributed by atoms with E-state index in [-0.39, 0.29) is 11.9 Å². The summed E-state index contributed by atoms with van der Waals surface area (Å²) in [4.78, 5) is 14.8. The third-order valence-corrected chi connectivity index (χ3v) is 7.74. The summed E-state index contributed by atoms with van der Waals surface area (Å²) in [7, 11) is 0. The Morgan fingerprint density at radius 1 is 1.09 bits per heavy atom. The van der Waals surface area contributed by atoms with E-state index in [1.165, 1.54) is 12.8 Å². The van der Waals surface area contributed by atoms with Crippen LogP contribution < -0.4 is 4.74 Å². The highest BCUT2D eigenvalue weighted by atomic mass is 79.9. The second-order valence-electron chi connectivity index (χ2n) is 9.10. The van der Waals surface area contributed by atoms with E-state index in [1.54, 1.807) is 6.92 Å². The van der Waals surface area contributed by atoms with E-state index in [0.29, 0.717) is 12.1 Å². The fourth-order valence-electron chi connectivity index (χ4n) is 5.55. The lowest BCUT2D eigenvalue weighted by Crippen LogP contribution is -2.46. The Balaban J connectivity index is 1.21. The van der Waals surface area contributed by atoms with Gasteiger partial charge in [-0.3, -0.25) is 9.69 Å². The molecular weight excluding hydrogens is 488 g/mol. The van der Waals surface area contributed by atoms with Crippen LogP contribution in [-0.2, 0) is 6.54 Å². The van der Waals surface area contributed by atoms with Crippen LogP contribution in [0.5, 0.6) is 5.75 Å². The van der Waals surface area contributed by atoms with Crippen molar-refractivity contribution in [3.8, 4) is 5.75 Å². The second kappa shape index (κ2) is 9.20. The van der Waals surface area contributed by atoms with Crippen LogP contribution in [0.15, 0.2) is 53.1 Å². The molecule has 3 heterocycles. The normalized spacial score (nSPS) is 23.0. The third-order valence-electron chi connectivity index (χ3n) is 7.00. The maximum Gasteiger partial charge on any atom is 0.161 e. The van der Waals surface area contributed by atoms with E-state index < -0.39 is 0 Å². The molecule has 32 heavy (non-hydrogen) atoms. The van der Waals surface area contributed by atoms with Crippen LogP contribution in [0.1, 0.15) is 49.4 Å². The molecule has 0 amide bonds. The number of aryl methyl sites for hydroxylation is 1. The van der Waals surface area contributed by atoms with Gasteiger partial charge < -0.3 is 9.30 Å². The molecule has 2 bridgehead atoms. The number of piperidine rings is 1. The average Bonchev–Trinajstić information content (AvgIpc) is 3.23. The van der Waals surface area contributed by atoms with E-state index in [2.05, 4.69) is 31.5 Å². The molecule has 2 aromatic carbocycles. The molecule has 0 aliphatic carbocycles. The first-order chi connectivity index (χ1) is 15.5. The Bertz CT molecular complexity index is 1110. The summed E-state index contributed by atoms with van der Waals surface area (Å²) >= 11 is 9.57. The first-order valence-electron chi connectivity index (χ1n) is 11.5. The Kier molecular flexibility index (Phi) is 6.33. The number of halogens is 2. The predicted molar refractivity (Wildman–Crippen MR) is 133 cm³/mol. The van der Waals surface area contributed by atoms with Gasteiger partial charge in [0.25, 0.3) is 0 Å². The lowest BCUT2D eigenvalue weighted by Gasteiger charge is -2.39. The van der Waals surface area contributed by atoms with Crippen molar-refractivity contribution >= 4 is 44.2 Å². The molecule has 2 atom stereocenters. The molecule has 2 unspecified atom stereocenters. The lowest BCUT2D eigenvalue weighted by molar-refractivity contribution is 0.0482. The largest absolute Gasteiger partial charge is 0.490 e. The fraction of sp³-hybridized carbons (Fsp3) is 0.423. The molecule has 2 aliphatic heterocycles. The van der Waals surface area contributed by atoms with Crippen molar-refractivity contribution in [3.63, 3.8) is 0 Å². The van der Waals surface area contributed by atoms with Crippen molar-refractivity contribution in [1.29, 1.82) is 0 Å². The molecule has 6 heteroatoms. The number of hydrogen-bond donors (Lipinski definition) is 0. The van der Waals surface area contributed by atoms with Gasteiger partial charge in [-0.15, -0.1) is 0 Å². The number of benzene rings is 2. The number of hydrogen-bond acceptors (Lipinski definition) is 3. The van der Waals surface area contributed by atoms with E-state index in [0.717, 1.165) is 64.1 Å². The number of nitrogens with zero attached hydrogens (tertiary/aromatic N) is 2. The van der Waals surface area contributed by atoms with Crippen molar-refractivity contribution in [2.45, 2.75) is 63.8 Å². The van der Waals surface area contributed by atoms with Gasteiger partial charge in [-0.25, -0.2) is 0 Å². The fourth-order valence-corrected chi connectivity index (χ4v) is 6.02. The summed E-state index contributed by atoms with van der Waals surface area (Å²) in [6.45, 7) is 3.65. The maximum atomic E-state index is 12.1. The van der Waals surface area contributed by atoms with Gasteiger partial charge in [-0.1, -0.05) is 33.6 Å². The molecule has 0 saturated carbocycles. The van der Waals surface area contributed by atoms with Gasteiger partial charge in [0.15, 0.2) is 5.78 Å². The molecule has 2 saturated heterocycles. The summed E-state index contributed by atoms with van der Waals surface area (Å²) in [5.41, 5.74) is 1.94. The average molecular weight is 516 g/mol. The standard InChI is InChI=1S/C26H28BrClN2O2/c1-17(31)25-16-29(26-13-18(27)3-10-24(25)26)11-2-12-30-20-6-7-21(30)15-23(14-20)32-22-8-4-19(28)5-9-22/h3-5,8-10,13,16,20-21,23H,2,6-7,11-12,14-15H2,1H3. The number of ketones is 1. The van der Waals surface area contributed by atoms with Gasteiger partial charge in [0.2, 0.25) is 0 Å². The molecule has 0 spiro atoms. The van der Waals surface area contributed by atoms with E-state index in [9.17, 15) is 4.79 Å². The third kappa shape index (κ3) is 4.48. The van der Waals surface area contributed by atoms with E-state index in [1.807, 2.05) is 42.6 Å². The SMILES string of the molecule is CC(=O)c1cn(CCCN2C3CCC2CC(Oc2ccc(Cl)cc2)C3)c2cc(Br)ccc12. The van der Waals surface area contributed by atoms with Crippen LogP contribution in [0.4, 0.5) is 0 Å². The molecule has 0 radical (unpaired) electrons. The molecule has 5 rings (SSSR count). The topological polar surface area (TPSA) is 34.5 Å². The Hall–Kier alpha value is -1.82. The van der Waals surface area contributed by atoms with Crippen LogP contribution in [-0.4, -0.2) is 40.0 Å². The number of carbonyl (C=O) groups excluding carboxylic acids is 1. The van der Waals surface area contributed by atoms with Crippen molar-refractivity contribution in [2.24, 2.45) is 0 Å². The van der Waals surface area contributed by atoms with Crippen LogP contribution in [0.3, 0.4) is 0 Å². The minimum Gasteiger partial charge on any atom is -0.490 e.